The monoisotopic (exact) mass is 573 g/mol. The van der Waals surface area contributed by atoms with Gasteiger partial charge in [0, 0.05) is 11.1 Å². The maximum atomic E-state index is 14.6. The molecule has 1 N–H and O–H groups in total. The Morgan fingerprint density at radius 2 is 1.84 bits per heavy atom. The number of hydrogen-bond acceptors (Lipinski definition) is 5. The number of carbonyl (C=O) groups is 2. The zero-order chi connectivity index (χ0) is 27.7. The van der Waals surface area contributed by atoms with E-state index in [9.17, 15) is 27.5 Å². The third kappa shape index (κ3) is 6.45. The van der Waals surface area contributed by atoms with Gasteiger partial charge >= 0.3 is 5.97 Å². The van der Waals surface area contributed by atoms with Crippen LogP contribution in [0.15, 0.2) is 42.5 Å². The summed E-state index contributed by atoms with van der Waals surface area (Å²) in [5.41, 5.74) is 0.842. The summed E-state index contributed by atoms with van der Waals surface area (Å²) in [5.74, 6) is -3.03. The quantitative estimate of drug-likeness (QED) is 0.440. The smallest absolute Gasteiger partial charge is 0.306 e. The summed E-state index contributed by atoms with van der Waals surface area (Å²) in [6, 6.07) is 8.88. The minimum Gasteiger partial charge on any atom is -0.481 e. The van der Waals surface area contributed by atoms with Crippen molar-refractivity contribution in [1.29, 1.82) is 0 Å². The van der Waals surface area contributed by atoms with Gasteiger partial charge in [-0.25, -0.2) is 12.8 Å². The maximum Gasteiger partial charge on any atom is 0.306 e. The van der Waals surface area contributed by atoms with Crippen LogP contribution in [0.3, 0.4) is 0 Å². The van der Waals surface area contributed by atoms with Crippen LogP contribution in [0.25, 0.3) is 0 Å². The molecule has 2 aromatic carbocycles. The molecule has 0 bridgehead atoms. The molecule has 37 heavy (non-hydrogen) atoms. The number of carboxylic acids is 1. The average Bonchev–Trinajstić information content (AvgIpc) is 2.79. The number of morpholine rings is 1. The lowest BCUT2D eigenvalue weighted by Gasteiger charge is -2.48. The van der Waals surface area contributed by atoms with E-state index in [1.807, 2.05) is 0 Å². The second kappa shape index (κ2) is 11.3. The molecule has 1 heterocycles. The first-order valence-corrected chi connectivity index (χ1v) is 14.2. The number of benzene rings is 2. The van der Waals surface area contributed by atoms with E-state index in [1.54, 1.807) is 58.0 Å². The number of ether oxygens (including phenoxy) is 1. The van der Waals surface area contributed by atoms with E-state index in [0.717, 1.165) is 0 Å². The third-order valence-electron chi connectivity index (χ3n) is 6.46. The Labute approximate surface area is 226 Å². The largest absolute Gasteiger partial charge is 0.481 e. The molecule has 1 aliphatic heterocycles. The number of aliphatic carboxylic acids is 1. The molecule has 0 aliphatic carbocycles. The van der Waals surface area contributed by atoms with E-state index in [-0.39, 0.29) is 17.2 Å². The summed E-state index contributed by atoms with van der Waals surface area (Å²) in [6.07, 6.45) is -2.74. The van der Waals surface area contributed by atoms with Crippen LogP contribution >= 0.6 is 23.2 Å². The van der Waals surface area contributed by atoms with Crippen molar-refractivity contribution in [3.05, 3.63) is 69.5 Å². The Hall–Kier alpha value is -2.20. The molecule has 0 saturated carbocycles. The molecular formula is C26H30Cl2FNO6S. The van der Waals surface area contributed by atoms with E-state index < -0.39 is 63.0 Å². The molecule has 202 valence electrons. The van der Waals surface area contributed by atoms with Crippen molar-refractivity contribution in [3.63, 3.8) is 0 Å². The van der Waals surface area contributed by atoms with Gasteiger partial charge in [-0.15, -0.1) is 0 Å². The van der Waals surface area contributed by atoms with Gasteiger partial charge in [-0.2, -0.15) is 0 Å². The van der Waals surface area contributed by atoms with Crippen molar-refractivity contribution in [2.24, 2.45) is 0 Å². The normalized spacial score (nSPS) is 21.6. The highest BCUT2D eigenvalue weighted by Gasteiger charge is 2.48. The predicted octanol–water partition coefficient (Wildman–Crippen LogP) is 5.61. The van der Waals surface area contributed by atoms with Gasteiger partial charge in [0.25, 0.3) is 5.91 Å². The zero-order valence-corrected chi connectivity index (χ0v) is 23.3. The van der Waals surface area contributed by atoms with Crippen molar-refractivity contribution in [2.45, 2.75) is 69.6 Å². The molecule has 1 fully saturated rings. The number of amides is 1. The predicted molar refractivity (Wildman–Crippen MR) is 140 cm³/mol. The van der Waals surface area contributed by atoms with E-state index >= 15 is 0 Å². The molecule has 3 rings (SSSR count). The Bertz CT molecular complexity index is 1280. The Morgan fingerprint density at radius 3 is 2.38 bits per heavy atom. The Morgan fingerprint density at radius 1 is 1.16 bits per heavy atom. The molecule has 11 heteroatoms. The number of nitrogens with zero attached hydrogens (tertiary/aromatic N) is 1. The fourth-order valence-electron chi connectivity index (χ4n) is 4.33. The topological polar surface area (TPSA) is 101 Å². The second-order valence-corrected chi connectivity index (χ2v) is 13.6. The van der Waals surface area contributed by atoms with E-state index in [0.29, 0.717) is 16.1 Å². The van der Waals surface area contributed by atoms with Gasteiger partial charge in [-0.1, -0.05) is 48.3 Å². The summed E-state index contributed by atoms with van der Waals surface area (Å²) in [6.45, 7) is 6.46. The van der Waals surface area contributed by atoms with Gasteiger partial charge in [0.1, 0.15) is 18.0 Å². The molecule has 1 aliphatic rings. The Balaban J connectivity index is 2.25. The molecule has 0 spiro atoms. The molecule has 2 aromatic rings. The molecule has 7 nitrogen and oxygen atoms in total. The lowest BCUT2D eigenvalue weighted by molar-refractivity contribution is -0.182. The van der Waals surface area contributed by atoms with Crippen LogP contribution in [-0.2, 0) is 24.2 Å². The van der Waals surface area contributed by atoms with E-state index in [2.05, 4.69) is 0 Å². The van der Waals surface area contributed by atoms with Crippen LogP contribution < -0.4 is 0 Å². The summed E-state index contributed by atoms with van der Waals surface area (Å²) in [7, 11) is -3.70. The summed E-state index contributed by atoms with van der Waals surface area (Å²) < 4.78 is 46.0. The first kappa shape index (κ1) is 29.4. The van der Waals surface area contributed by atoms with Gasteiger partial charge in [0.05, 0.1) is 28.0 Å². The van der Waals surface area contributed by atoms with Gasteiger partial charge in [-0.3, -0.25) is 9.59 Å². The first-order chi connectivity index (χ1) is 17.2. The number of hydrogen-bond donors (Lipinski definition) is 1. The summed E-state index contributed by atoms with van der Waals surface area (Å²) >= 11 is 12.1. The number of sulfone groups is 1. The van der Waals surface area contributed by atoms with Crippen molar-refractivity contribution < 1.29 is 32.2 Å². The van der Waals surface area contributed by atoms with Crippen LogP contribution in [0.4, 0.5) is 4.39 Å². The van der Waals surface area contributed by atoms with Gasteiger partial charge < -0.3 is 14.7 Å². The maximum absolute atomic E-state index is 14.6. The fourth-order valence-corrected chi connectivity index (χ4v) is 6.05. The van der Waals surface area contributed by atoms with Crippen LogP contribution in [0.5, 0.6) is 0 Å². The highest BCUT2D eigenvalue weighted by molar-refractivity contribution is 7.92. The lowest BCUT2D eigenvalue weighted by atomic mass is 9.89. The molecular weight excluding hydrogens is 544 g/mol. The van der Waals surface area contributed by atoms with E-state index in [4.69, 9.17) is 27.9 Å². The second-order valence-electron chi connectivity index (χ2n) is 10.0. The first-order valence-electron chi connectivity index (χ1n) is 11.8. The minimum atomic E-state index is -3.70. The molecule has 4 atom stereocenters. The van der Waals surface area contributed by atoms with Crippen molar-refractivity contribution in [1.82, 2.24) is 4.90 Å². The van der Waals surface area contributed by atoms with Crippen LogP contribution in [0.2, 0.25) is 10.0 Å². The number of carboxylic acid groups (broad SMARTS) is 1. The average molecular weight is 574 g/mol. The highest BCUT2D eigenvalue weighted by Crippen LogP contribution is 2.45. The number of carbonyl (C=O) groups excluding carboxylic acids is 1. The van der Waals surface area contributed by atoms with Crippen LogP contribution in [-0.4, -0.2) is 52.9 Å². The van der Waals surface area contributed by atoms with Gasteiger partial charge in [-0.05, 0) is 62.6 Å². The summed E-state index contributed by atoms with van der Waals surface area (Å²) in [4.78, 5) is 26.7. The lowest BCUT2D eigenvalue weighted by Crippen LogP contribution is -2.57. The standard InChI is InChI=1S/C26H30Cl2FNO6S/c1-5-18(14-37(34,35)26(2,3)4)30-23(15-9-10-19(28)20(29)12-15)24(16-7-6-8-17(27)11-16)36-21(25(30)33)13-22(31)32/h6-12,18,21,23-24H,5,13-14H2,1-4H3,(H,31,32). The van der Waals surface area contributed by atoms with Gasteiger partial charge in [0.15, 0.2) is 9.84 Å². The molecule has 0 aromatic heterocycles. The zero-order valence-electron chi connectivity index (χ0n) is 20.9. The summed E-state index contributed by atoms with van der Waals surface area (Å²) in [5, 5.41) is 9.73. The van der Waals surface area contributed by atoms with Gasteiger partial charge in [0.2, 0.25) is 0 Å². The van der Waals surface area contributed by atoms with Crippen LogP contribution in [0.1, 0.15) is 63.8 Å². The number of rotatable bonds is 8. The SMILES string of the molecule is CCC(CS(=O)(=O)C(C)(C)C)N1C(=O)C(CC(=O)O)OC(c2cccc(Cl)c2)C1c1ccc(Cl)c(F)c1. The van der Waals surface area contributed by atoms with Crippen LogP contribution in [0, 0.1) is 5.82 Å². The van der Waals surface area contributed by atoms with Crippen molar-refractivity contribution >= 4 is 44.9 Å². The minimum absolute atomic E-state index is 0.122. The van der Waals surface area contributed by atoms with Crippen molar-refractivity contribution in [2.75, 3.05) is 5.75 Å². The third-order valence-corrected chi connectivity index (χ3v) is 9.69. The highest BCUT2D eigenvalue weighted by atomic mass is 35.5. The molecule has 0 radical (unpaired) electrons. The molecule has 1 saturated heterocycles. The molecule has 1 amide bonds. The fraction of sp³-hybridized carbons (Fsp3) is 0.462. The number of halogens is 3. The van der Waals surface area contributed by atoms with E-state index in [1.165, 1.54) is 17.0 Å². The molecule has 4 unspecified atom stereocenters. The Kier molecular flexibility index (Phi) is 8.94. The van der Waals surface area contributed by atoms with Crippen molar-refractivity contribution in [3.8, 4) is 0 Å².